The number of amides is 2. The Balaban J connectivity index is 1.41. The monoisotopic (exact) mass is 405 g/mol. The minimum Gasteiger partial charge on any atom is -0.373 e. The minimum atomic E-state index is -0.0764. The Labute approximate surface area is 174 Å². The van der Waals surface area contributed by atoms with Crippen molar-refractivity contribution in [2.45, 2.75) is 13.1 Å². The molecule has 0 bridgehead atoms. The molecule has 1 N–H and O–H groups in total. The molecule has 0 radical (unpaired) electrons. The number of nitrogens with one attached hydrogen (secondary N) is 1. The Morgan fingerprint density at radius 1 is 1.00 bits per heavy atom. The molecule has 6 heteroatoms. The van der Waals surface area contributed by atoms with Crippen molar-refractivity contribution in [3.05, 3.63) is 87.6 Å². The van der Waals surface area contributed by atoms with Gasteiger partial charge in [0.1, 0.15) is 0 Å². The maximum Gasteiger partial charge on any atom is 0.261 e. The van der Waals surface area contributed by atoms with Crippen LogP contribution in [0.5, 0.6) is 0 Å². The molecule has 2 aromatic carbocycles. The fourth-order valence-electron chi connectivity index (χ4n) is 3.49. The van der Waals surface area contributed by atoms with Crippen molar-refractivity contribution < 1.29 is 9.59 Å². The first-order valence-electron chi connectivity index (χ1n) is 9.61. The molecule has 2 amide bonds. The molecule has 4 rings (SSSR count). The third kappa shape index (κ3) is 4.32. The highest BCUT2D eigenvalue weighted by atomic mass is 32.1. The average Bonchev–Trinajstić information content (AvgIpc) is 3.24. The van der Waals surface area contributed by atoms with Gasteiger partial charge >= 0.3 is 0 Å². The van der Waals surface area contributed by atoms with Crippen LogP contribution in [0.25, 0.3) is 0 Å². The highest BCUT2D eigenvalue weighted by Gasteiger charge is 2.22. The topological polar surface area (TPSA) is 52.6 Å². The number of nitrogens with zero attached hydrogens (tertiary/aromatic N) is 2. The van der Waals surface area contributed by atoms with Crippen molar-refractivity contribution in [1.82, 2.24) is 10.2 Å². The Morgan fingerprint density at radius 2 is 1.79 bits per heavy atom. The van der Waals surface area contributed by atoms with Gasteiger partial charge in [0.2, 0.25) is 0 Å². The molecule has 5 nitrogen and oxygen atoms in total. The summed E-state index contributed by atoms with van der Waals surface area (Å²) < 4.78 is 0. The normalized spacial score (nSPS) is 13.6. The van der Waals surface area contributed by atoms with E-state index in [0.29, 0.717) is 30.1 Å². The van der Waals surface area contributed by atoms with Crippen LogP contribution in [-0.4, -0.2) is 36.9 Å². The maximum absolute atomic E-state index is 13.0. The zero-order valence-electron chi connectivity index (χ0n) is 16.3. The van der Waals surface area contributed by atoms with Crippen LogP contribution < -0.4 is 10.2 Å². The van der Waals surface area contributed by atoms with Crippen LogP contribution in [0.4, 0.5) is 5.69 Å². The van der Waals surface area contributed by atoms with Crippen molar-refractivity contribution in [3.8, 4) is 0 Å². The van der Waals surface area contributed by atoms with Gasteiger partial charge in [-0.05, 0) is 40.8 Å². The van der Waals surface area contributed by atoms with Crippen molar-refractivity contribution in [2.24, 2.45) is 0 Å². The number of para-hydroxylation sites is 1. The number of rotatable bonds is 4. The zero-order chi connectivity index (χ0) is 20.2. The Bertz CT molecular complexity index is 999. The Morgan fingerprint density at radius 3 is 2.55 bits per heavy atom. The number of thiophene rings is 1. The Kier molecular flexibility index (Phi) is 5.62. The summed E-state index contributed by atoms with van der Waals surface area (Å²) >= 11 is 1.42. The van der Waals surface area contributed by atoms with E-state index in [1.165, 1.54) is 17.0 Å². The molecule has 1 aliphatic rings. The number of anilines is 1. The molecule has 0 saturated heterocycles. The molecule has 148 valence electrons. The summed E-state index contributed by atoms with van der Waals surface area (Å²) in [5, 5.41) is 4.79. The average molecular weight is 406 g/mol. The first-order valence-corrected chi connectivity index (χ1v) is 10.5. The molecule has 0 fully saturated rings. The summed E-state index contributed by atoms with van der Waals surface area (Å²) in [6, 6.07) is 19.4. The number of likely N-dealkylation sites (N-methyl/N-ethyl adjacent to an activating group) is 1. The van der Waals surface area contributed by atoms with Crippen molar-refractivity contribution in [2.75, 3.05) is 25.0 Å². The largest absolute Gasteiger partial charge is 0.373 e. The van der Waals surface area contributed by atoms with Gasteiger partial charge in [0.25, 0.3) is 11.8 Å². The van der Waals surface area contributed by atoms with E-state index in [2.05, 4.69) is 29.4 Å². The molecule has 0 atom stereocenters. The van der Waals surface area contributed by atoms with Crippen molar-refractivity contribution >= 4 is 28.8 Å². The summed E-state index contributed by atoms with van der Waals surface area (Å²) in [4.78, 5) is 29.9. The fraction of sp³-hybridized carbons (Fsp3) is 0.217. The number of benzene rings is 2. The van der Waals surface area contributed by atoms with E-state index >= 15 is 0 Å². The highest BCUT2D eigenvalue weighted by Crippen LogP contribution is 2.24. The summed E-state index contributed by atoms with van der Waals surface area (Å²) in [6.45, 7) is 2.53. The highest BCUT2D eigenvalue weighted by molar-refractivity contribution is 7.12. The summed E-state index contributed by atoms with van der Waals surface area (Å²) in [5.41, 5.74) is 3.97. The molecule has 2 heterocycles. The van der Waals surface area contributed by atoms with Gasteiger partial charge in [0.15, 0.2) is 0 Å². The van der Waals surface area contributed by atoms with Crippen LogP contribution in [0.15, 0.2) is 66.0 Å². The number of carbonyl (C=O) groups is 2. The van der Waals surface area contributed by atoms with Gasteiger partial charge in [-0.1, -0.05) is 36.4 Å². The second kappa shape index (κ2) is 8.49. The zero-order valence-corrected chi connectivity index (χ0v) is 17.1. The first-order chi connectivity index (χ1) is 14.1. The van der Waals surface area contributed by atoms with Crippen LogP contribution in [0.1, 0.15) is 31.2 Å². The molecule has 0 saturated carbocycles. The predicted octanol–water partition coefficient (Wildman–Crippen LogP) is 3.77. The number of fused-ring (bicyclic) bond motifs is 1. The van der Waals surface area contributed by atoms with Crippen molar-refractivity contribution in [3.63, 3.8) is 0 Å². The van der Waals surface area contributed by atoms with Crippen LogP contribution >= 0.6 is 11.3 Å². The molecule has 1 aromatic heterocycles. The lowest BCUT2D eigenvalue weighted by Crippen LogP contribution is -2.34. The SMILES string of the molecule is CN1CCN(C(=O)c2ccc(CNC(=O)c3cccs3)cc2)Cc2ccccc21. The number of hydrogen-bond acceptors (Lipinski definition) is 4. The maximum atomic E-state index is 13.0. The smallest absolute Gasteiger partial charge is 0.261 e. The second-order valence-electron chi connectivity index (χ2n) is 7.13. The van der Waals surface area contributed by atoms with E-state index in [-0.39, 0.29) is 11.8 Å². The van der Waals surface area contributed by atoms with Crippen LogP contribution in [-0.2, 0) is 13.1 Å². The van der Waals surface area contributed by atoms with Gasteiger partial charge in [-0.3, -0.25) is 9.59 Å². The standard InChI is InChI=1S/C23H23N3O2S/c1-25-12-13-26(16-19-5-2-3-6-20(19)25)23(28)18-10-8-17(9-11-18)15-24-22(27)21-7-4-14-29-21/h2-11,14H,12-13,15-16H2,1H3,(H,24,27). The van der Waals surface area contributed by atoms with E-state index in [4.69, 9.17) is 0 Å². The molecule has 0 unspecified atom stereocenters. The van der Waals surface area contributed by atoms with E-state index in [0.717, 1.165) is 17.7 Å². The summed E-state index contributed by atoms with van der Waals surface area (Å²) in [6.07, 6.45) is 0. The lowest BCUT2D eigenvalue weighted by atomic mass is 10.1. The number of hydrogen-bond donors (Lipinski definition) is 1. The predicted molar refractivity (Wildman–Crippen MR) is 116 cm³/mol. The molecule has 1 aliphatic heterocycles. The molecule has 0 spiro atoms. The minimum absolute atomic E-state index is 0.0317. The summed E-state index contributed by atoms with van der Waals surface area (Å²) in [7, 11) is 2.06. The molecular weight excluding hydrogens is 382 g/mol. The first kappa shape index (κ1) is 19.2. The van der Waals surface area contributed by atoms with Crippen LogP contribution in [0.2, 0.25) is 0 Å². The fourth-order valence-corrected chi connectivity index (χ4v) is 4.13. The molecule has 29 heavy (non-hydrogen) atoms. The van der Waals surface area contributed by atoms with Crippen LogP contribution in [0, 0.1) is 0 Å². The van der Waals surface area contributed by atoms with E-state index < -0.39 is 0 Å². The van der Waals surface area contributed by atoms with Gasteiger partial charge in [-0.15, -0.1) is 11.3 Å². The molecule has 3 aromatic rings. The van der Waals surface area contributed by atoms with Gasteiger partial charge in [0.05, 0.1) is 4.88 Å². The Hall–Kier alpha value is -3.12. The van der Waals surface area contributed by atoms with E-state index in [1.54, 1.807) is 6.07 Å². The molecular formula is C23H23N3O2S. The van der Waals surface area contributed by atoms with Gasteiger partial charge < -0.3 is 15.1 Å². The third-order valence-corrected chi connectivity index (χ3v) is 6.02. The molecule has 0 aliphatic carbocycles. The van der Waals surface area contributed by atoms with E-state index in [9.17, 15) is 9.59 Å². The van der Waals surface area contributed by atoms with Gasteiger partial charge in [0, 0.05) is 44.5 Å². The quantitative estimate of drug-likeness (QED) is 0.719. The lowest BCUT2D eigenvalue weighted by molar-refractivity contribution is 0.0751. The number of carbonyl (C=O) groups excluding carboxylic acids is 2. The summed E-state index contributed by atoms with van der Waals surface area (Å²) in [5.74, 6) is -0.0446. The third-order valence-electron chi connectivity index (χ3n) is 5.16. The van der Waals surface area contributed by atoms with Gasteiger partial charge in [-0.2, -0.15) is 0 Å². The van der Waals surface area contributed by atoms with Crippen molar-refractivity contribution in [1.29, 1.82) is 0 Å². The van der Waals surface area contributed by atoms with Crippen LogP contribution in [0.3, 0.4) is 0 Å². The van der Waals surface area contributed by atoms with E-state index in [1.807, 2.05) is 52.7 Å². The van der Waals surface area contributed by atoms with Gasteiger partial charge in [-0.25, -0.2) is 0 Å². The lowest BCUT2D eigenvalue weighted by Gasteiger charge is -2.21. The second-order valence-corrected chi connectivity index (χ2v) is 8.08.